The zero-order valence-electron chi connectivity index (χ0n) is 10.9. The summed E-state index contributed by atoms with van der Waals surface area (Å²) >= 11 is 0. The normalized spacial score (nSPS) is 13.1. The van der Waals surface area contributed by atoms with E-state index in [9.17, 15) is 15.0 Å². The number of benzene rings is 1. The van der Waals surface area contributed by atoms with Crippen molar-refractivity contribution >= 4 is 5.91 Å². The Morgan fingerprint density at radius 2 is 1.83 bits per heavy atom. The summed E-state index contributed by atoms with van der Waals surface area (Å²) < 4.78 is 0. The molecule has 0 saturated heterocycles. The van der Waals surface area contributed by atoms with E-state index < -0.39 is 17.6 Å². The van der Waals surface area contributed by atoms with Crippen molar-refractivity contribution < 1.29 is 15.0 Å². The molecule has 0 spiro atoms. The largest absolute Gasteiger partial charge is 0.388 e. The molecule has 4 nitrogen and oxygen atoms in total. The van der Waals surface area contributed by atoms with Crippen LogP contribution in [0.3, 0.4) is 0 Å². The average Bonchev–Trinajstić information content (AvgIpc) is 2.44. The molecule has 0 aliphatic heterocycles. The van der Waals surface area contributed by atoms with Crippen molar-refractivity contribution in [1.29, 1.82) is 0 Å². The van der Waals surface area contributed by atoms with Crippen LogP contribution in [-0.4, -0.2) is 28.3 Å². The predicted octanol–water partition coefficient (Wildman–Crippen LogP) is 1.39. The van der Waals surface area contributed by atoms with Crippen molar-refractivity contribution in [2.45, 2.75) is 38.4 Å². The molecule has 4 heteroatoms. The van der Waals surface area contributed by atoms with Gasteiger partial charge in [-0.05, 0) is 18.4 Å². The molecular formula is C14H21NO3. The second-order valence-electron chi connectivity index (χ2n) is 4.46. The highest BCUT2D eigenvalue weighted by atomic mass is 16.3. The lowest BCUT2D eigenvalue weighted by molar-refractivity contribution is -0.131. The molecule has 1 rings (SSSR count). The van der Waals surface area contributed by atoms with Crippen molar-refractivity contribution in [1.82, 2.24) is 5.32 Å². The van der Waals surface area contributed by atoms with Crippen molar-refractivity contribution in [2.24, 2.45) is 0 Å². The first kappa shape index (κ1) is 14.7. The number of hydrogen-bond acceptors (Lipinski definition) is 3. The monoisotopic (exact) mass is 251 g/mol. The lowest BCUT2D eigenvalue weighted by Gasteiger charge is -2.26. The molecule has 0 aromatic heterocycles. The Morgan fingerprint density at radius 3 is 2.33 bits per heavy atom. The zero-order valence-corrected chi connectivity index (χ0v) is 10.9. The molecule has 0 saturated carbocycles. The van der Waals surface area contributed by atoms with Gasteiger partial charge in [-0.25, -0.2) is 0 Å². The summed E-state index contributed by atoms with van der Waals surface area (Å²) in [6, 6.07) is 8.73. The van der Waals surface area contributed by atoms with Crippen LogP contribution in [0.4, 0.5) is 0 Å². The van der Waals surface area contributed by atoms with Gasteiger partial charge in [0.2, 0.25) is 0 Å². The highest BCUT2D eigenvalue weighted by molar-refractivity contribution is 5.81. The van der Waals surface area contributed by atoms with Crippen LogP contribution in [0.5, 0.6) is 0 Å². The maximum atomic E-state index is 11.7. The Bertz CT molecular complexity index is 374. The summed E-state index contributed by atoms with van der Waals surface area (Å²) in [7, 11) is 0. The number of carbonyl (C=O) groups excluding carboxylic acids is 1. The van der Waals surface area contributed by atoms with Gasteiger partial charge >= 0.3 is 0 Å². The molecule has 0 bridgehead atoms. The quantitative estimate of drug-likeness (QED) is 0.715. The van der Waals surface area contributed by atoms with E-state index in [0.717, 1.165) is 0 Å². The molecule has 0 heterocycles. The van der Waals surface area contributed by atoms with E-state index in [2.05, 4.69) is 5.32 Å². The third-order valence-corrected chi connectivity index (χ3v) is 3.27. The van der Waals surface area contributed by atoms with Gasteiger partial charge in [0.05, 0.1) is 5.60 Å². The minimum atomic E-state index is -1.19. The molecule has 1 aromatic carbocycles. The third kappa shape index (κ3) is 3.82. The average molecular weight is 251 g/mol. The van der Waals surface area contributed by atoms with Gasteiger partial charge in [0, 0.05) is 6.54 Å². The molecule has 1 aromatic rings. The van der Waals surface area contributed by atoms with Gasteiger partial charge in [-0.2, -0.15) is 0 Å². The summed E-state index contributed by atoms with van der Waals surface area (Å²) in [5.41, 5.74) is -0.349. The number of nitrogens with one attached hydrogen (secondary N) is 1. The topological polar surface area (TPSA) is 69.6 Å². The first-order chi connectivity index (χ1) is 8.52. The van der Waals surface area contributed by atoms with Gasteiger partial charge in [0.1, 0.15) is 0 Å². The number of carbonyl (C=O) groups is 1. The molecular weight excluding hydrogens is 230 g/mol. The van der Waals surface area contributed by atoms with Crippen LogP contribution < -0.4 is 5.32 Å². The summed E-state index contributed by atoms with van der Waals surface area (Å²) in [6.07, 6.45) is -0.0691. The van der Waals surface area contributed by atoms with E-state index in [4.69, 9.17) is 0 Å². The van der Waals surface area contributed by atoms with Crippen molar-refractivity contribution in [2.75, 3.05) is 6.54 Å². The van der Waals surface area contributed by atoms with Gasteiger partial charge in [-0.15, -0.1) is 0 Å². The smallest absolute Gasteiger partial charge is 0.253 e. The molecule has 0 aliphatic carbocycles. The Balaban J connectivity index is 2.56. The summed E-state index contributed by atoms with van der Waals surface area (Å²) in [5.74, 6) is -0.485. The highest BCUT2D eigenvalue weighted by Gasteiger charge is 2.25. The molecule has 0 radical (unpaired) electrons. The number of rotatable bonds is 6. The number of aliphatic hydroxyl groups is 2. The predicted molar refractivity (Wildman–Crippen MR) is 69.9 cm³/mol. The van der Waals surface area contributed by atoms with Crippen LogP contribution >= 0.6 is 0 Å². The van der Waals surface area contributed by atoms with E-state index in [1.54, 1.807) is 24.3 Å². The van der Waals surface area contributed by atoms with Crippen LogP contribution in [0.15, 0.2) is 30.3 Å². The Hall–Kier alpha value is -1.39. The molecule has 1 amide bonds. The fraction of sp³-hybridized carbons (Fsp3) is 0.500. The minimum absolute atomic E-state index is 0.155. The summed E-state index contributed by atoms with van der Waals surface area (Å²) in [4.78, 5) is 11.7. The first-order valence-electron chi connectivity index (χ1n) is 6.25. The highest BCUT2D eigenvalue weighted by Crippen LogP contribution is 2.15. The van der Waals surface area contributed by atoms with Gasteiger partial charge in [-0.1, -0.05) is 44.2 Å². The standard InChI is InChI=1S/C14H21NO3/c1-3-14(18,4-2)10-15-13(17)12(16)11-8-6-5-7-9-11/h5-9,12,16,18H,3-4,10H2,1-2H3,(H,15,17). The first-order valence-corrected chi connectivity index (χ1v) is 6.25. The van der Waals surface area contributed by atoms with Crippen molar-refractivity contribution in [3.05, 3.63) is 35.9 Å². The van der Waals surface area contributed by atoms with Gasteiger partial charge in [-0.3, -0.25) is 4.79 Å². The minimum Gasteiger partial charge on any atom is -0.388 e. The van der Waals surface area contributed by atoms with E-state index in [1.807, 2.05) is 19.9 Å². The molecule has 18 heavy (non-hydrogen) atoms. The summed E-state index contributed by atoms with van der Waals surface area (Å²) in [6.45, 7) is 3.88. The van der Waals surface area contributed by atoms with Gasteiger partial charge in [0.15, 0.2) is 6.10 Å². The lowest BCUT2D eigenvalue weighted by atomic mass is 9.97. The van der Waals surface area contributed by atoms with Crippen LogP contribution in [0.1, 0.15) is 38.4 Å². The SMILES string of the molecule is CCC(O)(CC)CNC(=O)C(O)c1ccccc1. The van der Waals surface area contributed by atoms with Gasteiger partial charge < -0.3 is 15.5 Å². The Morgan fingerprint density at radius 1 is 1.28 bits per heavy atom. The molecule has 1 atom stereocenters. The fourth-order valence-corrected chi connectivity index (χ4v) is 1.64. The number of hydrogen-bond donors (Lipinski definition) is 3. The maximum absolute atomic E-state index is 11.7. The van der Waals surface area contributed by atoms with Crippen LogP contribution in [-0.2, 0) is 4.79 Å². The molecule has 3 N–H and O–H groups in total. The zero-order chi connectivity index (χ0) is 13.6. The van der Waals surface area contributed by atoms with E-state index in [0.29, 0.717) is 18.4 Å². The van der Waals surface area contributed by atoms with Crippen LogP contribution in [0.25, 0.3) is 0 Å². The summed E-state index contributed by atoms with van der Waals surface area (Å²) in [5, 5.41) is 22.5. The van der Waals surface area contributed by atoms with E-state index in [-0.39, 0.29) is 6.54 Å². The molecule has 1 unspecified atom stereocenters. The molecule has 0 fully saturated rings. The van der Waals surface area contributed by atoms with Crippen LogP contribution in [0.2, 0.25) is 0 Å². The maximum Gasteiger partial charge on any atom is 0.253 e. The second kappa shape index (κ2) is 6.52. The lowest BCUT2D eigenvalue weighted by Crippen LogP contribution is -2.43. The number of aliphatic hydroxyl groups excluding tert-OH is 1. The number of amides is 1. The third-order valence-electron chi connectivity index (χ3n) is 3.27. The Kier molecular flexibility index (Phi) is 5.31. The van der Waals surface area contributed by atoms with E-state index in [1.165, 1.54) is 0 Å². The van der Waals surface area contributed by atoms with Gasteiger partial charge in [0.25, 0.3) is 5.91 Å². The van der Waals surface area contributed by atoms with Crippen molar-refractivity contribution in [3.8, 4) is 0 Å². The molecule has 0 aliphatic rings. The molecule has 100 valence electrons. The second-order valence-corrected chi connectivity index (χ2v) is 4.46. The van der Waals surface area contributed by atoms with E-state index >= 15 is 0 Å². The van der Waals surface area contributed by atoms with Crippen molar-refractivity contribution in [3.63, 3.8) is 0 Å². The Labute approximate surface area is 108 Å². The van der Waals surface area contributed by atoms with Crippen LogP contribution in [0, 0.1) is 0 Å². The fourth-order valence-electron chi connectivity index (χ4n) is 1.64.